The Morgan fingerprint density at radius 1 is 1.08 bits per heavy atom. The van der Waals surface area contributed by atoms with E-state index >= 15 is 0 Å². The number of nitrogens with one attached hydrogen (secondary N) is 2. The van der Waals surface area contributed by atoms with Gasteiger partial charge in [-0.05, 0) is 55.2 Å². The summed E-state index contributed by atoms with van der Waals surface area (Å²) in [7, 11) is 1.73. The summed E-state index contributed by atoms with van der Waals surface area (Å²) in [5.74, 6) is 0.0983. The van der Waals surface area contributed by atoms with Crippen LogP contribution < -0.4 is 10.6 Å². The first-order chi connectivity index (χ1) is 18.6. The van der Waals surface area contributed by atoms with Gasteiger partial charge in [-0.2, -0.15) is 5.10 Å². The van der Waals surface area contributed by atoms with Crippen LogP contribution >= 0.6 is 0 Å². The average Bonchev–Trinajstić information content (AvgIpc) is 3.65. The van der Waals surface area contributed by atoms with Crippen LogP contribution in [0, 0.1) is 11.8 Å². The van der Waals surface area contributed by atoms with Crippen LogP contribution in [0.4, 0.5) is 5.69 Å². The summed E-state index contributed by atoms with van der Waals surface area (Å²) in [5.41, 5.74) is 3.67. The molecule has 9 heteroatoms. The van der Waals surface area contributed by atoms with Crippen LogP contribution in [0.15, 0.2) is 61.2 Å². The van der Waals surface area contributed by atoms with Crippen molar-refractivity contribution in [2.75, 3.05) is 25.6 Å². The lowest BCUT2D eigenvalue weighted by Crippen LogP contribution is -2.50. The van der Waals surface area contributed by atoms with E-state index < -0.39 is 0 Å². The minimum absolute atomic E-state index is 0.0303. The second-order valence-corrected chi connectivity index (χ2v) is 10.6. The fraction of sp³-hybridized carbons (Fsp3) is 0.448. The number of hydrogen-bond acceptors (Lipinski definition) is 6. The molecule has 1 aromatic heterocycles. The standard InChI is InChI=1S/C29H34N6O3/c1-38-16-26-22-14-15-34(27(22)21-6-2-4-8-24(21)32-26)29(37)23-7-3-5-9-25(23)33-28(36)19-10-12-20(13-11-19)35-18-30-17-31-35/h2,4,6,8,10-13,17-18,22-23,25-27,32H,3,5,7,9,14-16H2,1H3,(H,33,36)/t22-,23+,25-,26+,27+/m1/s1. The molecular formula is C29H34N6O3. The third-order valence-corrected chi connectivity index (χ3v) is 8.42. The number of hydrogen-bond donors (Lipinski definition) is 2. The van der Waals surface area contributed by atoms with E-state index in [1.54, 1.807) is 30.3 Å². The highest BCUT2D eigenvalue weighted by Crippen LogP contribution is 2.47. The monoisotopic (exact) mass is 514 g/mol. The van der Waals surface area contributed by atoms with E-state index in [1.807, 2.05) is 24.3 Å². The van der Waals surface area contributed by atoms with E-state index in [9.17, 15) is 9.59 Å². The fourth-order valence-corrected chi connectivity index (χ4v) is 6.59. The lowest BCUT2D eigenvalue weighted by molar-refractivity contribution is -0.139. The van der Waals surface area contributed by atoms with Gasteiger partial charge in [0.25, 0.3) is 5.91 Å². The zero-order valence-electron chi connectivity index (χ0n) is 21.6. The van der Waals surface area contributed by atoms with Crippen molar-refractivity contribution < 1.29 is 14.3 Å². The van der Waals surface area contributed by atoms with Crippen LogP contribution in [0.25, 0.3) is 5.69 Å². The highest BCUT2D eigenvalue weighted by atomic mass is 16.5. The molecule has 0 spiro atoms. The SMILES string of the molecule is COC[C@@H]1Nc2ccccc2[C@H]2[C@@H]1CCN2C(=O)[C@H]1CCCC[C@H]1NC(=O)c1ccc(-n2cncn2)cc1. The average molecular weight is 515 g/mol. The van der Waals surface area contributed by atoms with E-state index in [0.717, 1.165) is 50.0 Å². The number of carbonyl (C=O) groups is 2. The van der Waals surface area contributed by atoms with E-state index in [4.69, 9.17) is 4.74 Å². The first kappa shape index (κ1) is 24.6. The van der Waals surface area contributed by atoms with Crippen molar-refractivity contribution in [1.29, 1.82) is 0 Å². The number of anilines is 1. The summed E-state index contributed by atoms with van der Waals surface area (Å²) in [4.78, 5) is 33.4. The van der Waals surface area contributed by atoms with Crippen molar-refractivity contribution in [2.24, 2.45) is 11.8 Å². The van der Waals surface area contributed by atoms with Gasteiger partial charge in [0.1, 0.15) is 12.7 Å². The van der Waals surface area contributed by atoms with Gasteiger partial charge in [0, 0.05) is 36.9 Å². The van der Waals surface area contributed by atoms with Crippen LogP contribution in [-0.4, -0.2) is 63.8 Å². The minimum atomic E-state index is -0.219. The molecule has 3 aliphatic rings. The number of aromatic nitrogens is 3. The molecule has 38 heavy (non-hydrogen) atoms. The molecule has 2 amide bonds. The molecule has 2 aromatic carbocycles. The molecule has 1 saturated carbocycles. The molecule has 3 heterocycles. The predicted molar refractivity (Wildman–Crippen MR) is 143 cm³/mol. The van der Waals surface area contributed by atoms with Crippen molar-refractivity contribution in [2.45, 2.75) is 50.2 Å². The molecule has 2 N–H and O–H groups in total. The molecule has 3 aromatic rings. The maximum Gasteiger partial charge on any atom is 0.251 e. The molecular weight excluding hydrogens is 480 g/mol. The summed E-state index contributed by atoms with van der Waals surface area (Å²) in [6.07, 6.45) is 7.65. The van der Waals surface area contributed by atoms with Gasteiger partial charge >= 0.3 is 0 Å². The largest absolute Gasteiger partial charge is 0.383 e. The molecule has 6 rings (SSSR count). The zero-order chi connectivity index (χ0) is 26.1. The van der Waals surface area contributed by atoms with Crippen molar-refractivity contribution in [3.05, 3.63) is 72.3 Å². The zero-order valence-corrected chi connectivity index (χ0v) is 21.6. The number of likely N-dealkylation sites (tertiary alicyclic amines) is 1. The number of rotatable bonds is 6. The Kier molecular flexibility index (Phi) is 6.84. The lowest BCUT2D eigenvalue weighted by atomic mass is 9.81. The number of methoxy groups -OCH3 is 1. The molecule has 1 aliphatic carbocycles. The number of benzene rings is 2. The Hall–Kier alpha value is -3.72. The summed E-state index contributed by atoms with van der Waals surface area (Å²) < 4.78 is 7.18. The van der Waals surface area contributed by atoms with Gasteiger partial charge in [0.05, 0.1) is 30.3 Å². The molecule has 0 bridgehead atoms. The minimum Gasteiger partial charge on any atom is -0.383 e. The first-order valence-corrected chi connectivity index (χ1v) is 13.5. The molecule has 2 fully saturated rings. The second-order valence-electron chi connectivity index (χ2n) is 10.6. The van der Waals surface area contributed by atoms with Crippen LogP contribution in [-0.2, 0) is 9.53 Å². The molecule has 0 unspecified atom stereocenters. The predicted octanol–water partition coefficient (Wildman–Crippen LogP) is 3.59. The van der Waals surface area contributed by atoms with Crippen LogP contribution in [0.2, 0.25) is 0 Å². The third kappa shape index (κ3) is 4.55. The maximum absolute atomic E-state index is 14.1. The van der Waals surface area contributed by atoms with Crippen LogP contribution in [0.3, 0.4) is 0 Å². The smallest absolute Gasteiger partial charge is 0.251 e. The number of carbonyl (C=O) groups excluding carboxylic acids is 2. The van der Waals surface area contributed by atoms with Crippen molar-refractivity contribution >= 4 is 17.5 Å². The lowest BCUT2D eigenvalue weighted by Gasteiger charge is -2.41. The Labute approximate surface area is 222 Å². The molecule has 0 radical (unpaired) electrons. The highest BCUT2D eigenvalue weighted by molar-refractivity contribution is 5.95. The van der Waals surface area contributed by atoms with Crippen molar-refractivity contribution in [3.8, 4) is 5.69 Å². The van der Waals surface area contributed by atoms with E-state index in [-0.39, 0.29) is 35.9 Å². The quantitative estimate of drug-likeness (QED) is 0.522. The first-order valence-electron chi connectivity index (χ1n) is 13.5. The Bertz CT molecular complexity index is 1280. The van der Waals surface area contributed by atoms with E-state index in [1.165, 1.54) is 11.9 Å². The van der Waals surface area contributed by atoms with Crippen LogP contribution in [0.5, 0.6) is 0 Å². The normalized spacial score (nSPS) is 26.2. The molecule has 9 nitrogen and oxygen atoms in total. The van der Waals surface area contributed by atoms with E-state index in [2.05, 4.69) is 37.7 Å². The fourth-order valence-electron chi connectivity index (χ4n) is 6.59. The van der Waals surface area contributed by atoms with Gasteiger partial charge in [0.2, 0.25) is 5.91 Å². The topological polar surface area (TPSA) is 101 Å². The Morgan fingerprint density at radius 3 is 2.68 bits per heavy atom. The number of fused-ring (bicyclic) bond motifs is 3. The van der Waals surface area contributed by atoms with Gasteiger partial charge in [-0.25, -0.2) is 9.67 Å². The van der Waals surface area contributed by atoms with Gasteiger partial charge in [-0.1, -0.05) is 31.0 Å². The van der Waals surface area contributed by atoms with Crippen LogP contribution in [0.1, 0.15) is 54.1 Å². The van der Waals surface area contributed by atoms with Gasteiger partial charge in [-0.3, -0.25) is 9.59 Å². The van der Waals surface area contributed by atoms with E-state index in [0.29, 0.717) is 18.1 Å². The molecule has 1 saturated heterocycles. The second kappa shape index (κ2) is 10.6. The third-order valence-electron chi connectivity index (χ3n) is 8.42. The summed E-state index contributed by atoms with van der Waals surface area (Å²) in [6, 6.07) is 15.6. The number of para-hydroxylation sites is 1. The molecule has 198 valence electrons. The summed E-state index contributed by atoms with van der Waals surface area (Å²) in [5, 5.41) is 11.0. The summed E-state index contributed by atoms with van der Waals surface area (Å²) in [6.45, 7) is 1.33. The van der Waals surface area contributed by atoms with Gasteiger partial charge < -0.3 is 20.3 Å². The maximum atomic E-state index is 14.1. The van der Waals surface area contributed by atoms with Gasteiger partial charge in [-0.15, -0.1) is 0 Å². The van der Waals surface area contributed by atoms with Crippen molar-refractivity contribution in [1.82, 2.24) is 25.0 Å². The summed E-state index contributed by atoms with van der Waals surface area (Å²) >= 11 is 0. The number of amides is 2. The molecule has 5 atom stereocenters. The van der Waals surface area contributed by atoms with Crippen molar-refractivity contribution in [3.63, 3.8) is 0 Å². The molecule has 2 aliphatic heterocycles. The number of ether oxygens (including phenoxy) is 1. The number of nitrogens with zero attached hydrogens (tertiary/aromatic N) is 4. The Balaban J connectivity index is 1.20. The van der Waals surface area contributed by atoms with Gasteiger partial charge in [0.15, 0.2) is 0 Å². The highest BCUT2D eigenvalue weighted by Gasteiger charge is 2.48. The Morgan fingerprint density at radius 2 is 1.89 bits per heavy atom.